The molecule has 1 aliphatic rings. The van der Waals surface area contributed by atoms with E-state index in [0.717, 1.165) is 24.6 Å². The molecule has 7 nitrogen and oxygen atoms in total. The van der Waals surface area contributed by atoms with Crippen molar-refractivity contribution < 1.29 is 18.0 Å². The third kappa shape index (κ3) is 6.41. The van der Waals surface area contributed by atoms with Crippen molar-refractivity contribution in [3.63, 3.8) is 0 Å². The molecule has 1 unspecified atom stereocenters. The minimum Gasteiger partial charge on any atom is -0.326 e. The molecule has 1 aliphatic heterocycles. The van der Waals surface area contributed by atoms with E-state index in [0.29, 0.717) is 17.8 Å². The highest BCUT2D eigenvalue weighted by atomic mass is 32.2. The lowest BCUT2D eigenvalue weighted by Gasteiger charge is -2.16. The number of nitrogens with one attached hydrogen (secondary N) is 1. The average molecular weight is 460 g/mol. The minimum absolute atomic E-state index is 0.0686. The van der Waals surface area contributed by atoms with Crippen molar-refractivity contribution in [3.05, 3.63) is 60.7 Å². The molecular formula is C22H25N3O4S2. The van der Waals surface area contributed by atoms with Crippen LogP contribution in [0.25, 0.3) is 0 Å². The molecular weight excluding hydrogens is 434 g/mol. The van der Waals surface area contributed by atoms with Crippen molar-refractivity contribution in [2.45, 2.75) is 37.9 Å². The molecule has 1 atom stereocenters. The number of unbranched alkanes of at least 4 members (excludes halogenated alkanes) is 2. The van der Waals surface area contributed by atoms with Gasteiger partial charge in [0.05, 0.1) is 11.4 Å². The average Bonchev–Trinajstić information content (AvgIpc) is 3.03. The molecule has 2 amide bonds. The number of amides is 2. The fourth-order valence-electron chi connectivity index (χ4n) is 3.08. The van der Waals surface area contributed by atoms with Crippen LogP contribution in [0.1, 0.15) is 32.6 Å². The maximum absolute atomic E-state index is 13.1. The Morgan fingerprint density at radius 2 is 1.71 bits per heavy atom. The molecule has 2 aromatic rings. The van der Waals surface area contributed by atoms with E-state index in [1.165, 1.54) is 4.90 Å². The van der Waals surface area contributed by atoms with Gasteiger partial charge in [0.25, 0.3) is 10.0 Å². The van der Waals surface area contributed by atoms with Gasteiger partial charge in [-0.3, -0.25) is 14.5 Å². The second-order valence-corrected chi connectivity index (χ2v) is 10.0. The standard InChI is InChI=1S/C22H25N3O4S2/c1-2-3-10-15-31(28,29)24-22-25(18-13-8-5-9-14-18)21(27)19(30-22)16-20(26)23-17-11-6-4-7-12-17/h4-9,11-14,19H,2-3,10,15-16H2,1H3,(H,23,26). The third-order valence-corrected chi connectivity index (χ3v) is 7.11. The molecule has 31 heavy (non-hydrogen) atoms. The summed E-state index contributed by atoms with van der Waals surface area (Å²) in [6.07, 6.45) is 2.12. The first-order valence-corrected chi connectivity index (χ1v) is 12.6. The number of benzene rings is 2. The Labute approximate surface area is 187 Å². The van der Waals surface area contributed by atoms with Crippen molar-refractivity contribution >= 4 is 50.1 Å². The smallest absolute Gasteiger partial charge is 0.255 e. The fraction of sp³-hybridized carbons (Fsp3) is 0.318. The van der Waals surface area contributed by atoms with E-state index in [4.69, 9.17) is 0 Å². The Hall–Kier alpha value is -2.65. The van der Waals surface area contributed by atoms with Gasteiger partial charge >= 0.3 is 0 Å². The van der Waals surface area contributed by atoms with Crippen molar-refractivity contribution in [1.29, 1.82) is 0 Å². The summed E-state index contributed by atoms with van der Waals surface area (Å²) in [5.74, 6) is -0.750. The second-order valence-electron chi connectivity index (χ2n) is 7.10. The predicted molar refractivity (Wildman–Crippen MR) is 126 cm³/mol. The zero-order chi connectivity index (χ0) is 22.3. The number of thioether (sulfide) groups is 1. The summed E-state index contributed by atoms with van der Waals surface area (Å²) >= 11 is 1.01. The highest BCUT2D eigenvalue weighted by molar-refractivity contribution is 8.16. The molecule has 1 fully saturated rings. The highest BCUT2D eigenvalue weighted by Crippen LogP contribution is 2.34. The number of hydrogen-bond donors (Lipinski definition) is 1. The molecule has 164 valence electrons. The minimum atomic E-state index is -3.73. The van der Waals surface area contributed by atoms with Crippen LogP contribution in [0.5, 0.6) is 0 Å². The Balaban J connectivity index is 1.81. The summed E-state index contributed by atoms with van der Waals surface area (Å²) in [5, 5.41) is 2.09. The van der Waals surface area contributed by atoms with Crippen molar-refractivity contribution in [3.8, 4) is 0 Å². The molecule has 0 saturated carbocycles. The maximum Gasteiger partial charge on any atom is 0.255 e. The van der Waals surface area contributed by atoms with Crippen LogP contribution < -0.4 is 10.2 Å². The third-order valence-electron chi connectivity index (χ3n) is 4.60. The Kier molecular flexibility index (Phi) is 7.86. The number of sulfonamides is 1. The number of para-hydroxylation sites is 2. The number of carbonyl (C=O) groups excluding carboxylic acids is 2. The van der Waals surface area contributed by atoms with Crippen LogP contribution in [0.4, 0.5) is 11.4 Å². The lowest BCUT2D eigenvalue weighted by atomic mass is 10.2. The van der Waals surface area contributed by atoms with E-state index in [1.54, 1.807) is 54.6 Å². The molecule has 1 heterocycles. The summed E-state index contributed by atoms with van der Waals surface area (Å²) in [6.45, 7) is 1.99. The van der Waals surface area contributed by atoms with Crippen LogP contribution in [-0.4, -0.2) is 36.4 Å². The predicted octanol–water partition coefficient (Wildman–Crippen LogP) is 4.04. The number of anilines is 2. The summed E-state index contributed by atoms with van der Waals surface area (Å²) in [6, 6.07) is 17.7. The molecule has 0 bridgehead atoms. The second kappa shape index (κ2) is 10.6. The van der Waals surface area contributed by atoms with Crippen LogP contribution in [0.15, 0.2) is 65.1 Å². The zero-order valence-electron chi connectivity index (χ0n) is 17.2. The molecule has 3 rings (SSSR count). The number of carbonyl (C=O) groups is 2. The number of rotatable bonds is 9. The van der Waals surface area contributed by atoms with Gasteiger partial charge in [0.1, 0.15) is 5.25 Å². The summed E-state index contributed by atoms with van der Waals surface area (Å²) < 4.78 is 28.9. The molecule has 0 aliphatic carbocycles. The van der Waals surface area contributed by atoms with Gasteiger partial charge in [0.2, 0.25) is 11.8 Å². The fourth-order valence-corrected chi connectivity index (χ4v) is 5.56. The van der Waals surface area contributed by atoms with Gasteiger partial charge in [0, 0.05) is 12.1 Å². The molecule has 1 N–H and O–H groups in total. The number of amidine groups is 1. The maximum atomic E-state index is 13.1. The van der Waals surface area contributed by atoms with Gasteiger partial charge in [-0.1, -0.05) is 67.9 Å². The first-order chi connectivity index (χ1) is 14.9. The van der Waals surface area contributed by atoms with E-state index in [1.807, 2.05) is 13.0 Å². The van der Waals surface area contributed by atoms with Gasteiger partial charge < -0.3 is 5.32 Å². The Morgan fingerprint density at radius 3 is 2.35 bits per heavy atom. The van der Waals surface area contributed by atoms with Gasteiger partial charge in [0.15, 0.2) is 5.17 Å². The van der Waals surface area contributed by atoms with E-state index in [9.17, 15) is 18.0 Å². The van der Waals surface area contributed by atoms with Crippen LogP contribution in [0.2, 0.25) is 0 Å². The first kappa shape index (κ1) is 23.0. The van der Waals surface area contributed by atoms with Crippen LogP contribution in [0.3, 0.4) is 0 Å². The van der Waals surface area contributed by atoms with Crippen molar-refractivity contribution in [2.75, 3.05) is 16.0 Å². The Bertz CT molecular complexity index is 1040. The molecule has 0 aromatic heterocycles. The van der Waals surface area contributed by atoms with E-state index in [2.05, 4.69) is 9.71 Å². The van der Waals surface area contributed by atoms with E-state index >= 15 is 0 Å². The first-order valence-electron chi connectivity index (χ1n) is 10.1. The van der Waals surface area contributed by atoms with Gasteiger partial charge in [-0.15, -0.1) is 4.40 Å². The molecule has 0 spiro atoms. The highest BCUT2D eigenvalue weighted by Gasteiger charge is 2.41. The zero-order valence-corrected chi connectivity index (χ0v) is 18.9. The van der Waals surface area contributed by atoms with Gasteiger partial charge in [-0.2, -0.15) is 0 Å². The van der Waals surface area contributed by atoms with E-state index in [-0.39, 0.29) is 29.2 Å². The topological polar surface area (TPSA) is 95.9 Å². The lowest BCUT2D eigenvalue weighted by Crippen LogP contribution is -2.33. The quantitative estimate of drug-likeness (QED) is 0.571. The van der Waals surface area contributed by atoms with Crippen LogP contribution in [0, 0.1) is 0 Å². The molecule has 2 aromatic carbocycles. The lowest BCUT2D eigenvalue weighted by molar-refractivity contribution is -0.121. The summed E-state index contributed by atoms with van der Waals surface area (Å²) in [5.41, 5.74) is 1.16. The Morgan fingerprint density at radius 1 is 1.06 bits per heavy atom. The van der Waals surface area contributed by atoms with Crippen molar-refractivity contribution in [2.24, 2.45) is 4.40 Å². The van der Waals surface area contributed by atoms with E-state index < -0.39 is 15.3 Å². The molecule has 1 saturated heterocycles. The summed E-state index contributed by atoms with van der Waals surface area (Å²) in [4.78, 5) is 26.9. The van der Waals surface area contributed by atoms with Crippen LogP contribution in [-0.2, 0) is 19.6 Å². The van der Waals surface area contributed by atoms with Gasteiger partial charge in [-0.25, -0.2) is 8.42 Å². The van der Waals surface area contributed by atoms with Gasteiger partial charge in [-0.05, 0) is 30.7 Å². The van der Waals surface area contributed by atoms with Crippen LogP contribution >= 0.6 is 11.8 Å². The molecule has 0 radical (unpaired) electrons. The van der Waals surface area contributed by atoms with Crippen molar-refractivity contribution in [1.82, 2.24) is 0 Å². The molecule has 9 heteroatoms. The summed E-state index contributed by atoms with van der Waals surface area (Å²) in [7, 11) is -3.73. The SMILES string of the molecule is CCCCCS(=O)(=O)N=C1SC(CC(=O)Nc2ccccc2)C(=O)N1c1ccccc1. The number of hydrogen-bond acceptors (Lipinski definition) is 5. The monoisotopic (exact) mass is 459 g/mol. The normalized spacial score (nSPS) is 17.8. The largest absolute Gasteiger partial charge is 0.326 e. The number of nitrogens with zero attached hydrogens (tertiary/aromatic N) is 2.